The number of pyridine rings is 1. The topological polar surface area (TPSA) is 132 Å². The Morgan fingerprint density at radius 2 is 1.98 bits per heavy atom. The molecule has 1 aliphatic carbocycles. The number of benzene rings is 1. The van der Waals surface area contributed by atoms with Crippen LogP contribution in [0.2, 0.25) is 0 Å². The van der Waals surface area contributed by atoms with Gasteiger partial charge in [0.15, 0.2) is 5.78 Å². The van der Waals surface area contributed by atoms with Crippen molar-refractivity contribution in [1.29, 1.82) is 0 Å². The summed E-state index contributed by atoms with van der Waals surface area (Å²) in [6.07, 6.45) is 6.42. The first-order chi connectivity index (χ1) is 20.6. The molecule has 2 aliphatic heterocycles. The van der Waals surface area contributed by atoms with Crippen LogP contribution in [0.15, 0.2) is 41.3 Å². The lowest BCUT2D eigenvalue weighted by atomic mass is 9.95. The second-order valence-electron chi connectivity index (χ2n) is 11.9. The van der Waals surface area contributed by atoms with Gasteiger partial charge in [0.2, 0.25) is 11.8 Å². The molecule has 43 heavy (non-hydrogen) atoms. The van der Waals surface area contributed by atoms with Crippen molar-refractivity contribution in [2.24, 2.45) is 5.41 Å². The van der Waals surface area contributed by atoms with Gasteiger partial charge in [-0.2, -0.15) is 5.10 Å². The molecule has 3 aromatic heterocycles. The number of aromatic nitrogens is 5. The number of halogens is 1. The van der Waals surface area contributed by atoms with Crippen molar-refractivity contribution in [1.82, 2.24) is 29.6 Å². The number of anilines is 1. The van der Waals surface area contributed by atoms with E-state index in [1.165, 1.54) is 6.92 Å². The molecule has 1 saturated carbocycles. The van der Waals surface area contributed by atoms with Crippen molar-refractivity contribution >= 4 is 50.2 Å². The molecule has 1 unspecified atom stereocenters. The maximum absolute atomic E-state index is 14.1. The molecule has 12 heteroatoms. The normalized spacial score (nSPS) is 22.1. The van der Waals surface area contributed by atoms with Crippen molar-refractivity contribution in [3.8, 4) is 16.9 Å². The lowest BCUT2D eigenvalue weighted by Gasteiger charge is -2.27. The van der Waals surface area contributed by atoms with Crippen LogP contribution in [0.5, 0.6) is 5.75 Å². The van der Waals surface area contributed by atoms with E-state index in [-0.39, 0.29) is 41.3 Å². The molecule has 0 radical (unpaired) electrons. The molecule has 0 spiro atoms. The van der Waals surface area contributed by atoms with E-state index in [9.17, 15) is 14.4 Å². The summed E-state index contributed by atoms with van der Waals surface area (Å²) in [5.74, 6) is 1.10. The molecule has 2 amide bonds. The zero-order valence-corrected chi connectivity index (χ0v) is 25.6. The van der Waals surface area contributed by atoms with Crippen molar-refractivity contribution in [3.05, 3.63) is 58.3 Å². The molecule has 5 heterocycles. The molecule has 3 atom stereocenters. The lowest BCUT2D eigenvalue weighted by Crippen LogP contribution is -2.46. The van der Waals surface area contributed by atoms with Gasteiger partial charge in [0.1, 0.15) is 40.3 Å². The predicted octanol–water partition coefficient (Wildman–Crippen LogP) is 4.51. The van der Waals surface area contributed by atoms with E-state index in [0.717, 1.165) is 29.5 Å². The second kappa shape index (κ2) is 10.2. The first-order valence-corrected chi connectivity index (χ1v) is 15.2. The number of piperidine rings is 1. The van der Waals surface area contributed by atoms with E-state index in [1.54, 1.807) is 40.2 Å². The number of ether oxygens (including phenoxy) is 1. The zero-order valence-electron chi connectivity index (χ0n) is 24.1. The number of Topliss-reactive ketones (excluding diaryl/α,β-unsaturated/α-hetero) is 1. The van der Waals surface area contributed by atoms with Crippen LogP contribution in [0.1, 0.15) is 55.0 Å². The minimum atomic E-state index is -0.628. The molecular formula is C31H30BrN7O4. The van der Waals surface area contributed by atoms with Crippen LogP contribution in [0.4, 0.5) is 5.82 Å². The van der Waals surface area contributed by atoms with Gasteiger partial charge in [0.25, 0.3) is 0 Å². The van der Waals surface area contributed by atoms with Crippen molar-refractivity contribution in [3.63, 3.8) is 0 Å². The summed E-state index contributed by atoms with van der Waals surface area (Å²) in [7, 11) is 0. The molecular weight excluding hydrogens is 614 g/mol. The summed E-state index contributed by atoms with van der Waals surface area (Å²) in [5.41, 5.74) is 3.38. The quantitative estimate of drug-likeness (QED) is 0.240. The molecule has 0 bridgehead atoms. The monoisotopic (exact) mass is 643 g/mol. The SMILES string of the molecule is CC(=O)c1nn(CC(=O)N2C3C[C@]3(C)C[C@H]2C(=O)Nc2cccc(Br)n2)c2c3c(c(-c4cnc(C)nc4)cc12)OCCC3. The molecule has 2 fully saturated rings. The Bertz CT molecular complexity index is 1820. The number of nitrogens with one attached hydrogen (secondary N) is 1. The summed E-state index contributed by atoms with van der Waals surface area (Å²) < 4.78 is 8.42. The number of amides is 2. The van der Waals surface area contributed by atoms with E-state index < -0.39 is 6.04 Å². The average Bonchev–Trinajstić information content (AvgIpc) is 3.34. The van der Waals surface area contributed by atoms with E-state index in [0.29, 0.717) is 52.3 Å². The number of ketones is 1. The average molecular weight is 645 g/mol. The van der Waals surface area contributed by atoms with Gasteiger partial charge in [0, 0.05) is 47.4 Å². The maximum atomic E-state index is 14.1. The third-order valence-electron chi connectivity index (χ3n) is 8.80. The molecule has 4 aromatic rings. The number of carbonyl (C=O) groups is 3. The molecule has 1 N–H and O–H groups in total. The van der Waals surface area contributed by atoms with Crippen LogP contribution in [-0.4, -0.2) is 65.9 Å². The fourth-order valence-corrected chi connectivity index (χ4v) is 6.95. The number of fused-ring (bicyclic) bond motifs is 4. The number of rotatable bonds is 6. The molecule has 1 saturated heterocycles. The second-order valence-corrected chi connectivity index (χ2v) is 12.7. The Morgan fingerprint density at radius 3 is 2.72 bits per heavy atom. The van der Waals surface area contributed by atoms with Gasteiger partial charge in [-0.15, -0.1) is 0 Å². The number of nitrogens with zero attached hydrogens (tertiary/aromatic N) is 6. The van der Waals surface area contributed by atoms with E-state index in [4.69, 9.17) is 4.74 Å². The first-order valence-electron chi connectivity index (χ1n) is 14.4. The van der Waals surface area contributed by atoms with Crippen LogP contribution in [0, 0.1) is 12.3 Å². The van der Waals surface area contributed by atoms with Gasteiger partial charge in [-0.25, -0.2) is 15.0 Å². The van der Waals surface area contributed by atoms with Crippen LogP contribution in [0.3, 0.4) is 0 Å². The van der Waals surface area contributed by atoms with Crippen LogP contribution in [0.25, 0.3) is 22.0 Å². The highest BCUT2D eigenvalue weighted by molar-refractivity contribution is 9.10. The number of carbonyl (C=O) groups excluding carboxylic acids is 3. The van der Waals surface area contributed by atoms with Crippen molar-refractivity contribution < 1.29 is 19.1 Å². The number of hydrogen-bond acceptors (Lipinski definition) is 8. The summed E-state index contributed by atoms with van der Waals surface area (Å²) in [5, 5.41) is 8.22. The van der Waals surface area contributed by atoms with Crippen molar-refractivity contribution in [2.75, 3.05) is 11.9 Å². The van der Waals surface area contributed by atoms with Crippen LogP contribution >= 0.6 is 15.9 Å². The standard InChI is InChI=1S/C31H30BrN7O4/c1-16(40)27-21-10-20(18-13-33-17(2)34-14-18)29-19(6-5-9-43-29)28(21)38(37-27)15-26(41)39-22(11-31(3)12-23(31)39)30(42)36-25-8-4-7-24(32)35-25/h4,7-8,10,13-14,22-23H,5-6,9,11-12,15H2,1-3H3,(H,35,36,42)/t22-,23?,31-/m0/s1. The minimum Gasteiger partial charge on any atom is -0.493 e. The fraction of sp³-hybridized carbons (Fsp3) is 0.387. The Hall–Kier alpha value is -4.19. The van der Waals surface area contributed by atoms with Gasteiger partial charge in [-0.1, -0.05) is 13.0 Å². The van der Waals surface area contributed by atoms with Gasteiger partial charge in [0.05, 0.1) is 12.1 Å². The van der Waals surface area contributed by atoms with Crippen LogP contribution < -0.4 is 10.1 Å². The first kappa shape index (κ1) is 27.6. The van der Waals surface area contributed by atoms with Gasteiger partial charge < -0.3 is 15.0 Å². The van der Waals surface area contributed by atoms with Gasteiger partial charge in [-0.05, 0) is 72.2 Å². The molecule has 1 aromatic carbocycles. The van der Waals surface area contributed by atoms with Crippen molar-refractivity contribution in [2.45, 2.75) is 65.1 Å². The van der Waals surface area contributed by atoms with Gasteiger partial charge in [-0.3, -0.25) is 19.1 Å². The fourth-order valence-electron chi connectivity index (χ4n) is 6.61. The van der Waals surface area contributed by atoms with E-state index >= 15 is 0 Å². The summed E-state index contributed by atoms with van der Waals surface area (Å²) in [4.78, 5) is 55.1. The zero-order chi connectivity index (χ0) is 30.0. The molecule has 3 aliphatic rings. The Balaban J connectivity index is 1.26. The van der Waals surface area contributed by atoms with E-state index in [1.807, 2.05) is 13.0 Å². The van der Waals surface area contributed by atoms with Gasteiger partial charge >= 0.3 is 0 Å². The largest absolute Gasteiger partial charge is 0.493 e. The summed E-state index contributed by atoms with van der Waals surface area (Å²) >= 11 is 3.34. The number of hydrogen-bond donors (Lipinski definition) is 1. The predicted molar refractivity (Wildman–Crippen MR) is 162 cm³/mol. The Kier molecular flexibility index (Phi) is 6.57. The Labute approximate surface area is 256 Å². The maximum Gasteiger partial charge on any atom is 0.248 e. The summed E-state index contributed by atoms with van der Waals surface area (Å²) in [6.45, 7) is 5.87. The molecule has 7 rings (SSSR count). The minimum absolute atomic E-state index is 0.0225. The highest BCUT2D eigenvalue weighted by Crippen LogP contribution is 2.59. The highest BCUT2D eigenvalue weighted by Gasteiger charge is 2.64. The smallest absolute Gasteiger partial charge is 0.248 e. The highest BCUT2D eigenvalue weighted by atomic mass is 79.9. The number of likely N-dealkylation sites (tertiary alicyclic amines) is 1. The van der Waals surface area contributed by atoms with E-state index in [2.05, 4.69) is 48.2 Å². The van der Waals surface area contributed by atoms with Crippen LogP contribution in [-0.2, 0) is 22.6 Å². The Morgan fingerprint density at radius 1 is 1.19 bits per heavy atom. The summed E-state index contributed by atoms with van der Waals surface area (Å²) in [6, 6.07) is 6.53. The molecule has 220 valence electrons. The number of aryl methyl sites for hydroxylation is 2. The third-order valence-corrected chi connectivity index (χ3v) is 9.24. The third kappa shape index (κ3) is 4.77. The molecule has 11 nitrogen and oxygen atoms in total. The lowest BCUT2D eigenvalue weighted by molar-refractivity contribution is -0.138.